The molecule has 10 heavy (non-hydrogen) atoms. The van der Waals surface area contributed by atoms with Crippen molar-refractivity contribution in [3.05, 3.63) is 11.6 Å². The van der Waals surface area contributed by atoms with Crippen molar-refractivity contribution < 1.29 is 0 Å². The Bertz CT molecular complexity index is 140. The molecule has 1 fully saturated rings. The van der Waals surface area contributed by atoms with Crippen molar-refractivity contribution in [2.45, 2.75) is 46.5 Å². The highest BCUT2D eigenvalue weighted by atomic mass is 14.3. The van der Waals surface area contributed by atoms with Crippen LogP contribution in [0, 0.1) is 5.41 Å². The van der Waals surface area contributed by atoms with E-state index in [1.807, 2.05) is 0 Å². The van der Waals surface area contributed by atoms with Gasteiger partial charge < -0.3 is 0 Å². The van der Waals surface area contributed by atoms with Gasteiger partial charge in [-0.15, -0.1) is 0 Å². The molecule has 0 amide bonds. The maximum atomic E-state index is 2.36. The Morgan fingerprint density at radius 2 is 2.00 bits per heavy atom. The lowest BCUT2D eigenvalue weighted by atomic mass is 9.73. The van der Waals surface area contributed by atoms with Crippen molar-refractivity contribution in [3.63, 3.8) is 0 Å². The summed E-state index contributed by atoms with van der Waals surface area (Å²) in [6, 6.07) is 0. The fourth-order valence-electron chi connectivity index (χ4n) is 1.92. The molecule has 0 aromatic carbocycles. The summed E-state index contributed by atoms with van der Waals surface area (Å²) in [5, 5.41) is 0. The average molecular weight is 138 g/mol. The molecule has 0 nitrogen and oxygen atoms in total. The lowest BCUT2D eigenvalue weighted by Gasteiger charge is -2.32. The van der Waals surface area contributed by atoms with Crippen molar-refractivity contribution >= 4 is 0 Å². The number of allylic oxidation sites excluding steroid dienone is 2. The van der Waals surface area contributed by atoms with Crippen LogP contribution in [0.25, 0.3) is 0 Å². The summed E-state index contributed by atoms with van der Waals surface area (Å²) < 4.78 is 0. The van der Waals surface area contributed by atoms with Crippen LogP contribution >= 0.6 is 0 Å². The van der Waals surface area contributed by atoms with Crippen LogP contribution in [0.2, 0.25) is 0 Å². The Kier molecular flexibility index (Phi) is 2.18. The van der Waals surface area contributed by atoms with Gasteiger partial charge in [-0.05, 0) is 31.6 Å². The van der Waals surface area contributed by atoms with E-state index < -0.39 is 0 Å². The lowest BCUT2D eigenvalue weighted by molar-refractivity contribution is 0.335. The first kappa shape index (κ1) is 7.84. The van der Waals surface area contributed by atoms with E-state index in [2.05, 4.69) is 26.8 Å². The third-order valence-electron chi connectivity index (χ3n) is 2.72. The number of hydrogen-bond donors (Lipinski definition) is 0. The minimum atomic E-state index is 0.507. The van der Waals surface area contributed by atoms with E-state index in [9.17, 15) is 0 Å². The molecule has 1 rings (SSSR count). The van der Waals surface area contributed by atoms with Gasteiger partial charge in [0, 0.05) is 0 Å². The molecule has 0 atom stereocenters. The second-order valence-electron chi connectivity index (χ2n) is 3.90. The quantitative estimate of drug-likeness (QED) is 0.449. The first-order valence-corrected chi connectivity index (χ1v) is 4.32. The number of rotatable bonds is 0. The van der Waals surface area contributed by atoms with Gasteiger partial charge in [0.05, 0.1) is 0 Å². The normalized spacial score (nSPS) is 28.9. The fourth-order valence-corrected chi connectivity index (χ4v) is 1.92. The van der Waals surface area contributed by atoms with Gasteiger partial charge in [-0.1, -0.05) is 31.9 Å². The van der Waals surface area contributed by atoms with Crippen LogP contribution in [0.15, 0.2) is 11.6 Å². The van der Waals surface area contributed by atoms with Crippen molar-refractivity contribution in [1.29, 1.82) is 0 Å². The third kappa shape index (κ3) is 1.42. The zero-order valence-electron chi connectivity index (χ0n) is 7.41. The molecule has 0 spiro atoms. The molecule has 0 N–H and O–H groups in total. The molecule has 0 saturated heterocycles. The largest absolute Gasteiger partial charge is 0.0879 e. The molecule has 0 bridgehead atoms. The molecule has 1 aliphatic carbocycles. The smallest absolute Gasteiger partial charge is 0.0145 e. The average Bonchev–Trinajstić information content (AvgIpc) is 1.87. The Labute approximate surface area is 64.3 Å². The molecule has 0 unspecified atom stereocenters. The summed E-state index contributed by atoms with van der Waals surface area (Å²) in [7, 11) is 0. The standard InChI is InChI=1S/C10H18/c1-4-9-7-5-6-8-10(9,2)3/h4H,5-8H2,1-3H3/b9-4+. The van der Waals surface area contributed by atoms with Gasteiger partial charge in [-0.2, -0.15) is 0 Å². The SMILES string of the molecule is C/C=C1\CCCCC1(C)C. The van der Waals surface area contributed by atoms with E-state index in [-0.39, 0.29) is 0 Å². The minimum absolute atomic E-state index is 0.507. The second kappa shape index (κ2) is 2.77. The van der Waals surface area contributed by atoms with Gasteiger partial charge in [0.15, 0.2) is 0 Å². The third-order valence-corrected chi connectivity index (χ3v) is 2.72. The first-order chi connectivity index (χ1) is 4.67. The van der Waals surface area contributed by atoms with Crippen molar-refractivity contribution in [2.24, 2.45) is 5.41 Å². The summed E-state index contributed by atoms with van der Waals surface area (Å²) in [6.45, 7) is 6.89. The highest BCUT2D eigenvalue weighted by Gasteiger charge is 2.25. The van der Waals surface area contributed by atoms with Gasteiger partial charge >= 0.3 is 0 Å². The molecule has 0 aromatic rings. The van der Waals surface area contributed by atoms with Crippen molar-refractivity contribution in [1.82, 2.24) is 0 Å². The lowest BCUT2D eigenvalue weighted by Crippen LogP contribution is -2.18. The van der Waals surface area contributed by atoms with E-state index >= 15 is 0 Å². The Morgan fingerprint density at radius 3 is 2.40 bits per heavy atom. The highest BCUT2D eigenvalue weighted by Crippen LogP contribution is 2.39. The van der Waals surface area contributed by atoms with E-state index in [0.29, 0.717) is 5.41 Å². The van der Waals surface area contributed by atoms with Crippen molar-refractivity contribution in [3.8, 4) is 0 Å². The van der Waals surface area contributed by atoms with Gasteiger partial charge in [-0.25, -0.2) is 0 Å². The molecule has 0 radical (unpaired) electrons. The molecule has 0 aromatic heterocycles. The zero-order chi connectivity index (χ0) is 7.61. The van der Waals surface area contributed by atoms with E-state index in [1.54, 1.807) is 5.57 Å². The first-order valence-electron chi connectivity index (χ1n) is 4.32. The van der Waals surface area contributed by atoms with Gasteiger partial charge in [-0.3, -0.25) is 0 Å². The summed E-state index contributed by atoms with van der Waals surface area (Å²) in [5.41, 5.74) is 2.17. The van der Waals surface area contributed by atoms with E-state index in [4.69, 9.17) is 0 Å². The van der Waals surface area contributed by atoms with E-state index in [0.717, 1.165) is 0 Å². The summed E-state index contributed by atoms with van der Waals surface area (Å²) in [5.74, 6) is 0. The van der Waals surface area contributed by atoms with Crippen LogP contribution in [0.4, 0.5) is 0 Å². The maximum Gasteiger partial charge on any atom is -0.0145 e. The topological polar surface area (TPSA) is 0 Å². The zero-order valence-corrected chi connectivity index (χ0v) is 7.41. The van der Waals surface area contributed by atoms with Crippen LogP contribution in [-0.2, 0) is 0 Å². The van der Waals surface area contributed by atoms with Gasteiger partial charge in [0.1, 0.15) is 0 Å². The van der Waals surface area contributed by atoms with Crippen LogP contribution in [0.3, 0.4) is 0 Å². The summed E-state index contributed by atoms with van der Waals surface area (Å²) >= 11 is 0. The van der Waals surface area contributed by atoms with Gasteiger partial charge in [0.25, 0.3) is 0 Å². The Hall–Kier alpha value is -0.260. The molecule has 58 valence electrons. The summed E-state index contributed by atoms with van der Waals surface area (Å²) in [4.78, 5) is 0. The summed E-state index contributed by atoms with van der Waals surface area (Å²) in [6.07, 6.45) is 7.85. The van der Waals surface area contributed by atoms with Crippen LogP contribution in [0.5, 0.6) is 0 Å². The molecular weight excluding hydrogens is 120 g/mol. The van der Waals surface area contributed by atoms with E-state index in [1.165, 1.54) is 25.7 Å². The van der Waals surface area contributed by atoms with Crippen LogP contribution in [0.1, 0.15) is 46.5 Å². The molecule has 1 saturated carbocycles. The second-order valence-corrected chi connectivity index (χ2v) is 3.90. The highest BCUT2D eigenvalue weighted by molar-refractivity contribution is 5.13. The molecule has 0 heterocycles. The monoisotopic (exact) mass is 138 g/mol. The Balaban J connectivity index is 2.70. The predicted molar refractivity (Wildman–Crippen MR) is 46.0 cm³/mol. The molecule has 1 aliphatic rings. The Morgan fingerprint density at radius 1 is 1.30 bits per heavy atom. The molecule has 0 heteroatoms. The van der Waals surface area contributed by atoms with Gasteiger partial charge in [0.2, 0.25) is 0 Å². The fraction of sp³-hybridized carbons (Fsp3) is 0.800. The maximum absolute atomic E-state index is 2.36. The number of hydrogen-bond acceptors (Lipinski definition) is 0. The van der Waals surface area contributed by atoms with Crippen molar-refractivity contribution in [2.75, 3.05) is 0 Å². The minimum Gasteiger partial charge on any atom is -0.0879 e. The predicted octanol–water partition coefficient (Wildman–Crippen LogP) is 3.53. The molecule has 0 aliphatic heterocycles. The van der Waals surface area contributed by atoms with Crippen LogP contribution in [-0.4, -0.2) is 0 Å². The molecular formula is C10H18. The van der Waals surface area contributed by atoms with Crippen LogP contribution < -0.4 is 0 Å².